The number of likely N-dealkylation sites (N-methyl/N-ethyl adjacent to an activating group) is 1. The molecule has 2 aromatic heterocycles. The molecular formula is C13H17N5O. The first kappa shape index (κ1) is 13.2. The number of nitrogens with zero attached hydrogens (tertiary/aromatic N) is 3. The molecule has 6 nitrogen and oxygen atoms in total. The van der Waals surface area contributed by atoms with E-state index >= 15 is 0 Å². The van der Waals surface area contributed by atoms with Crippen LogP contribution in [0.5, 0.6) is 0 Å². The van der Waals surface area contributed by atoms with Crippen LogP contribution in [0.1, 0.15) is 17.3 Å². The SMILES string of the molecule is CNC(C(=O)Nc1ccnc(C)c1)c1cnn(C)c1. The lowest BCUT2D eigenvalue weighted by Crippen LogP contribution is -2.30. The van der Waals surface area contributed by atoms with Crippen LogP contribution in [0, 0.1) is 6.92 Å². The summed E-state index contributed by atoms with van der Waals surface area (Å²) < 4.78 is 1.67. The molecule has 1 unspecified atom stereocenters. The minimum absolute atomic E-state index is 0.124. The van der Waals surface area contributed by atoms with E-state index in [0.29, 0.717) is 0 Å². The van der Waals surface area contributed by atoms with Gasteiger partial charge < -0.3 is 10.6 Å². The summed E-state index contributed by atoms with van der Waals surface area (Å²) in [6, 6.07) is 3.16. The second-order valence-electron chi connectivity index (χ2n) is 4.34. The van der Waals surface area contributed by atoms with Crippen LogP contribution in [0.25, 0.3) is 0 Å². The van der Waals surface area contributed by atoms with Crippen LogP contribution in [0.4, 0.5) is 5.69 Å². The number of carbonyl (C=O) groups is 1. The molecule has 6 heteroatoms. The number of anilines is 1. The zero-order valence-electron chi connectivity index (χ0n) is 11.2. The van der Waals surface area contributed by atoms with E-state index in [0.717, 1.165) is 16.9 Å². The Morgan fingerprint density at radius 1 is 1.47 bits per heavy atom. The molecule has 2 aromatic rings. The molecule has 0 aliphatic carbocycles. The Labute approximate surface area is 111 Å². The van der Waals surface area contributed by atoms with Crippen LogP contribution in [-0.4, -0.2) is 27.7 Å². The minimum atomic E-state index is -0.429. The average Bonchev–Trinajstić information content (AvgIpc) is 2.76. The maximum Gasteiger partial charge on any atom is 0.246 e. The molecule has 0 fully saturated rings. The maximum atomic E-state index is 12.2. The number of carbonyl (C=O) groups excluding carboxylic acids is 1. The van der Waals surface area contributed by atoms with Crippen LogP contribution >= 0.6 is 0 Å². The van der Waals surface area contributed by atoms with E-state index in [1.54, 1.807) is 30.2 Å². The average molecular weight is 259 g/mol. The highest BCUT2D eigenvalue weighted by atomic mass is 16.2. The molecule has 1 atom stereocenters. The molecule has 0 aliphatic rings. The smallest absolute Gasteiger partial charge is 0.246 e. The van der Waals surface area contributed by atoms with Gasteiger partial charge in [0.1, 0.15) is 6.04 Å². The van der Waals surface area contributed by atoms with Gasteiger partial charge in [-0.05, 0) is 26.1 Å². The predicted octanol–water partition coefficient (Wildman–Crippen LogP) is 1.02. The van der Waals surface area contributed by atoms with Gasteiger partial charge in [-0.2, -0.15) is 5.10 Å². The van der Waals surface area contributed by atoms with Gasteiger partial charge in [0, 0.05) is 36.4 Å². The number of amides is 1. The number of pyridine rings is 1. The van der Waals surface area contributed by atoms with Crippen molar-refractivity contribution in [2.24, 2.45) is 7.05 Å². The summed E-state index contributed by atoms with van der Waals surface area (Å²) in [5.74, 6) is -0.124. The second-order valence-corrected chi connectivity index (χ2v) is 4.34. The normalized spacial score (nSPS) is 12.2. The van der Waals surface area contributed by atoms with Crippen molar-refractivity contribution in [2.75, 3.05) is 12.4 Å². The zero-order valence-corrected chi connectivity index (χ0v) is 11.2. The summed E-state index contributed by atoms with van der Waals surface area (Å²) in [5.41, 5.74) is 2.43. The first-order chi connectivity index (χ1) is 9.10. The Morgan fingerprint density at radius 2 is 2.26 bits per heavy atom. The molecule has 0 radical (unpaired) electrons. The Bertz CT molecular complexity index is 578. The summed E-state index contributed by atoms with van der Waals surface area (Å²) in [7, 11) is 3.56. The van der Waals surface area contributed by atoms with Crippen LogP contribution in [0.15, 0.2) is 30.7 Å². The summed E-state index contributed by atoms with van der Waals surface area (Å²) in [4.78, 5) is 16.3. The second kappa shape index (κ2) is 5.62. The van der Waals surface area contributed by atoms with Gasteiger partial charge in [0.05, 0.1) is 6.20 Å². The number of hydrogen-bond acceptors (Lipinski definition) is 4. The summed E-state index contributed by atoms with van der Waals surface area (Å²) in [6.07, 6.45) is 5.17. The van der Waals surface area contributed by atoms with E-state index in [9.17, 15) is 4.79 Å². The van der Waals surface area contributed by atoms with Crippen molar-refractivity contribution in [3.63, 3.8) is 0 Å². The Hall–Kier alpha value is -2.21. The van der Waals surface area contributed by atoms with Crippen molar-refractivity contribution >= 4 is 11.6 Å². The van der Waals surface area contributed by atoms with E-state index in [1.165, 1.54) is 0 Å². The van der Waals surface area contributed by atoms with Crippen molar-refractivity contribution in [2.45, 2.75) is 13.0 Å². The summed E-state index contributed by atoms with van der Waals surface area (Å²) >= 11 is 0. The molecule has 2 N–H and O–H groups in total. The van der Waals surface area contributed by atoms with Crippen LogP contribution in [0.2, 0.25) is 0 Å². The van der Waals surface area contributed by atoms with Crippen molar-refractivity contribution in [3.05, 3.63) is 42.0 Å². The third-order valence-electron chi connectivity index (χ3n) is 2.77. The Balaban J connectivity index is 2.13. The largest absolute Gasteiger partial charge is 0.324 e. The fourth-order valence-electron chi connectivity index (χ4n) is 1.88. The molecule has 19 heavy (non-hydrogen) atoms. The molecule has 2 rings (SSSR count). The molecule has 0 aliphatic heterocycles. The zero-order chi connectivity index (χ0) is 13.8. The van der Waals surface area contributed by atoms with Crippen molar-refractivity contribution in [3.8, 4) is 0 Å². The molecule has 0 spiro atoms. The third kappa shape index (κ3) is 3.17. The molecule has 2 heterocycles. The number of rotatable bonds is 4. The Kier molecular flexibility index (Phi) is 3.91. The van der Waals surface area contributed by atoms with E-state index < -0.39 is 6.04 Å². The van der Waals surface area contributed by atoms with E-state index in [4.69, 9.17) is 0 Å². The summed E-state index contributed by atoms with van der Waals surface area (Å²) in [5, 5.41) is 9.92. The number of aromatic nitrogens is 3. The lowest BCUT2D eigenvalue weighted by Gasteiger charge is -2.14. The van der Waals surface area contributed by atoms with Crippen LogP contribution in [0.3, 0.4) is 0 Å². The number of aryl methyl sites for hydroxylation is 2. The minimum Gasteiger partial charge on any atom is -0.324 e. The fourth-order valence-corrected chi connectivity index (χ4v) is 1.88. The number of hydrogen-bond donors (Lipinski definition) is 2. The van der Waals surface area contributed by atoms with Gasteiger partial charge >= 0.3 is 0 Å². The first-order valence-electron chi connectivity index (χ1n) is 5.99. The van der Waals surface area contributed by atoms with Gasteiger partial charge in [-0.15, -0.1) is 0 Å². The molecule has 100 valence electrons. The molecule has 0 saturated carbocycles. The number of nitrogens with one attached hydrogen (secondary N) is 2. The predicted molar refractivity (Wildman–Crippen MR) is 72.6 cm³/mol. The lowest BCUT2D eigenvalue weighted by molar-refractivity contribution is -0.118. The third-order valence-corrected chi connectivity index (χ3v) is 2.77. The standard InChI is InChI=1S/C13H17N5O/c1-9-6-11(4-5-15-9)17-13(19)12(14-2)10-7-16-18(3)8-10/h4-8,12,14H,1-3H3,(H,15,17,19). The van der Waals surface area contributed by atoms with Gasteiger partial charge in [-0.25, -0.2) is 0 Å². The van der Waals surface area contributed by atoms with Gasteiger partial charge in [0.2, 0.25) is 5.91 Å². The van der Waals surface area contributed by atoms with E-state index in [1.807, 2.05) is 26.2 Å². The lowest BCUT2D eigenvalue weighted by atomic mass is 10.1. The van der Waals surface area contributed by atoms with Gasteiger partial charge in [0.25, 0.3) is 0 Å². The highest BCUT2D eigenvalue weighted by molar-refractivity contribution is 5.95. The van der Waals surface area contributed by atoms with Crippen molar-refractivity contribution < 1.29 is 4.79 Å². The van der Waals surface area contributed by atoms with E-state index in [-0.39, 0.29) is 5.91 Å². The Morgan fingerprint density at radius 3 is 2.84 bits per heavy atom. The van der Waals surface area contributed by atoms with E-state index in [2.05, 4.69) is 20.7 Å². The summed E-state index contributed by atoms with van der Waals surface area (Å²) in [6.45, 7) is 1.88. The molecule has 1 amide bonds. The molecule has 0 saturated heterocycles. The fraction of sp³-hybridized carbons (Fsp3) is 0.308. The monoisotopic (exact) mass is 259 g/mol. The van der Waals surface area contributed by atoms with Crippen molar-refractivity contribution in [1.82, 2.24) is 20.1 Å². The molecular weight excluding hydrogens is 242 g/mol. The van der Waals surface area contributed by atoms with Crippen LogP contribution in [-0.2, 0) is 11.8 Å². The van der Waals surface area contributed by atoms with Gasteiger partial charge in [0.15, 0.2) is 0 Å². The topological polar surface area (TPSA) is 71.8 Å². The highest BCUT2D eigenvalue weighted by Crippen LogP contribution is 2.15. The highest BCUT2D eigenvalue weighted by Gasteiger charge is 2.20. The van der Waals surface area contributed by atoms with Crippen LogP contribution < -0.4 is 10.6 Å². The van der Waals surface area contributed by atoms with Crippen molar-refractivity contribution in [1.29, 1.82) is 0 Å². The van der Waals surface area contributed by atoms with Gasteiger partial charge in [-0.3, -0.25) is 14.5 Å². The molecule has 0 aromatic carbocycles. The van der Waals surface area contributed by atoms with Gasteiger partial charge in [-0.1, -0.05) is 0 Å². The maximum absolute atomic E-state index is 12.2. The first-order valence-corrected chi connectivity index (χ1v) is 5.99. The quantitative estimate of drug-likeness (QED) is 0.860. The molecule has 0 bridgehead atoms.